The van der Waals surface area contributed by atoms with Crippen molar-refractivity contribution in [3.63, 3.8) is 0 Å². The Morgan fingerprint density at radius 2 is 1.37 bits per heavy atom. The fourth-order valence-corrected chi connectivity index (χ4v) is 2.65. The largest absolute Gasteiger partial charge is 0.299 e. The Balaban J connectivity index is 1.68. The second-order valence-electron chi connectivity index (χ2n) is 5.21. The van der Waals surface area contributed by atoms with E-state index in [2.05, 4.69) is 65.9 Å². The topological polar surface area (TPSA) is 3.24 Å². The van der Waals surface area contributed by atoms with Gasteiger partial charge in [-0.1, -0.05) is 54.6 Å². The third kappa shape index (κ3) is 3.24. The summed E-state index contributed by atoms with van der Waals surface area (Å²) in [5.41, 5.74) is 4.01. The summed E-state index contributed by atoms with van der Waals surface area (Å²) in [7, 11) is 0. The molecule has 1 fully saturated rings. The second-order valence-corrected chi connectivity index (χ2v) is 5.21. The van der Waals surface area contributed by atoms with Gasteiger partial charge in [0, 0.05) is 6.54 Å². The van der Waals surface area contributed by atoms with Gasteiger partial charge in [0.2, 0.25) is 0 Å². The lowest BCUT2D eigenvalue weighted by Crippen LogP contribution is -2.29. The van der Waals surface area contributed by atoms with Crippen LogP contribution in [0.15, 0.2) is 54.6 Å². The van der Waals surface area contributed by atoms with E-state index in [4.69, 9.17) is 0 Å². The molecule has 1 saturated heterocycles. The van der Waals surface area contributed by atoms with E-state index >= 15 is 0 Å². The van der Waals surface area contributed by atoms with Crippen molar-refractivity contribution in [3.8, 4) is 11.1 Å². The molecule has 1 radical (unpaired) electrons. The molecule has 0 bridgehead atoms. The normalized spacial score (nSPS) is 16.4. The molecule has 1 aliphatic rings. The van der Waals surface area contributed by atoms with E-state index in [9.17, 15) is 0 Å². The maximum atomic E-state index is 2.54. The van der Waals surface area contributed by atoms with Gasteiger partial charge >= 0.3 is 0 Å². The summed E-state index contributed by atoms with van der Waals surface area (Å²) in [5, 5.41) is 0. The Morgan fingerprint density at radius 3 is 2.05 bits per heavy atom. The third-order valence-corrected chi connectivity index (χ3v) is 3.77. The molecule has 0 N–H and O–H groups in total. The summed E-state index contributed by atoms with van der Waals surface area (Å²) in [5.74, 6) is 0. The summed E-state index contributed by atoms with van der Waals surface area (Å²) in [6, 6.07) is 19.6. The number of rotatable bonds is 3. The van der Waals surface area contributed by atoms with Crippen molar-refractivity contribution in [2.75, 3.05) is 13.1 Å². The van der Waals surface area contributed by atoms with Gasteiger partial charge in [0.1, 0.15) is 0 Å². The predicted molar refractivity (Wildman–Crippen MR) is 80.7 cm³/mol. The zero-order valence-electron chi connectivity index (χ0n) is 11.3. The van der Waals surface area contributed by atoms with E-state index in [1.54, 1.807) is 0 Å². The number of hydrogen-bond acceptors (Lipinski definition) is 1. The molecular formula is C18H20N. The Kier molecular flexibility index (Phi) is 3.95. The molecule has 1 heterocycles. The number of benzene rings is 2. The molecule has 0 aromatic heterocycles. The van der Waals surface area contributed by atoms with Gasteiger partial charge in [-0.3, -0.25) is 4.90 Å². The van der Waals surface area contributed by atoms with E-state index < -0.39 is 0 Å². The van der Waals surface area contributed by atoms with Gasteiger partial charge in [0.15, 0.2) is 0 Å². The van der Waals surface area contributed by atoms with Crippen LogP contribution in [0.4, 0.5) is 0 Å². The van der Waals surface area contributed by atoms with Crippen molar-refractivity contribution in [1.29, 1.82) is 0 Å². The molecule has 0 unspecified atom stereocenters. The Labute approximate surface area is 115 Å². The Bertz CT molecular complexity index is 495. The highest BCUT2D eigenvalue weighted by Crippen LogP contribution is 2.20. The standard InChI is InChI=1S/C18H20N/c1-3-7-17(8-4-1)18-11-9-16(10-12-18)15-19-13-5-2-6-14-19/h1-4,7-12H,5-6,13-15H2. The van der Waals surface area contributed by atoms with Crippen molar-refractivity contribution in [1.82, 2.24) is 4.90 Å². The van der Waals surface area contributed by atoms with Gasteiger partial charge < -0.3 is 0 Å². The number of likely N-dealkylation sites (tertiary alicyclic amines) is 1. The molecule has 1 nitrogen and oxygen atoms in total. The van der Waals surface area contributed by atoms with E-state index in [0.29, 0.717) is 0 Å². The van der Waals surface area contributed by atoms with Crippen LogP contribution in [-0.4, -0.2) is 18.0 Å². The van der Waals surface area contributed by atoms with Crippen LogP contribution in [0.5, 0.6) is 0 Å². The van der Waals surface area contributed by atoms with Crippen LogP contribution < -0.4 is 0 Å². The highest BCUT2D eigenvalue weighted by Gasteiger charge is 2.10. The van der Waals surface area contributed by atoms with Crippen molar-refractivity contribution in [3.05, 3.63) is 66.6 Å². The minimum atomic E-state index is 1.09. The lowest BCUT2D eigenvalue weighted by molar-refractivity contribution is 0.246. The molecule has 3 rings (SSSR count). The van der Waals surface area contributed by atoms with Crippen LogP contribution in [0.3, 0.4) is 0 Å². The average Bonchev–Trinajstić information content (AvgIpc) is 2.50. The van der Waals surface area contributed by atoms with Crippen LogP contribution in [-0.2, 0) is 6.54 Å². The SMILES string of the molecule is [CH]1CCN(Cc2ccc(-c3ccccc3)cc2)CC1. The molecule has 0 spiro atoms. The first-order valence-electron chi connectivity index (χ1n) is 7.10. The van der Waals surface area contributed by atoms with Gasteiger partial charge in [0.25, 0.3) is 0 Å². The minimum Gasteiger partial charge on any atom is -0.299 e. The summed E-state index contributed by atoms with van der Waals surface area (Å²) in [4.78, 5) is 2.54. The summed E-state index contributed by atoms with van der Waals surface area (Å²) >= 11 is 0. The molecule has 97 valence electrons. The molecule has 0 saturated carbocycles. The number of nitrogens with zero attached hydrogens (tertiary/aromatic N) is 1. The van der Waals surface area contributed by atoms with E-state index in [1.165, 1.54) is 42.6 Å². The van der Waals surface area contributed by atoms with Crippen LogP contribution in [0, 0.1) is 6.42 Å². The maximum Gasteiger partial charge on any atom is 0.0233 e. The van der Waals surface area contributed by atoms with Gasteiger partial charge in [-0.15, -0.1) is 0 Å². The monoisotopic (exact) mass is 250 g/mol. The van der Waals surface area contributed by atoms with E-state index in [1.807, 2.05) is 0 Å². The van der Waals surface area contributed by atoms with Crippen molar-refractivity contribution >= 4 is 0 Å². The average molecular weight is 250 g/mol. The fourth-order valence-electron chi connectivity index (χ4n) is 2.65. The zero-order chi connectivity index (χ0) is 12.9. The summed E-state index contributed by atoms with van der Waals surface area (Å²) in [6.45, 7) is 3.50. The number of piperidine rings is 1. The van der Waals surface area contributed by atoms with Crippen LogP contribution in [0.1, 0.15) is 18.4 Å². The molecule has 1 heteroatoms. The van der Waals surface area contributed by atoms with Gasteiger partial charge in [-0.05, 0) is 49.0 Å². The van der Waals surface area contributed by atoms with Crippen molar-refractivity contribution in [2.24, 2.45) is 0 Å². The first-order valence-corrected chi connectivity index (χ1v) is 7.10. The maximum absolute atomic E-state index is 2.54. The highest BCUT2D eigenvalue weighted by molar-refractivity contribution is 5.63. The van der Waals surface area contributed by atoms with Crippen LogP contribution in [0.25, 0.3) is 11.1 Å². The molecule has 0 atom stereocenters. The molecule has 1 aliphatic heterocycles. The lowest BCUT2D eigenvalue weighted by Gasteiger charge is -2.26. The zero-order valence-corrected chi connectivity index (χ0v) is 11.3. The van der Waals surface area contributed by atoms with Gasteiger partial charge in [-0.2, -0.15) is 0 Å². The Morgan fingerprint density at radius 1 is 0.737 bits per heavy atom. The minimum absolute atomic E-state index is 1.09. The molecule has 19 heavy (non-hydrogen) atoms. The van der Waals surface area contributed by atoms with E-state index in [-0.39, 0.29) is 0 Å². The van der Waals surface area contributed by atoms with E-state index in [0.717, 1.165) is 6.54 Å². The fraction of sp³-hybridized carbons (Fsp3) is 0.278. The van der Waals surface area contributed by atoms with Crippen LogP contribution in [0.2, 0.25) is 0 Å². The van der Waals surface area contributed by atoms with Gasteiger partial charge in [-0.25, -0.2) is 0 Å². The predicted octanol–water partition coefficient (Wildman–Crippen LogP) is 4.15. The molecule has 0 aliphatic carbocycles. The van der Waals surface area contributed by atoms with Gasteiger partial charge in [0.05, 0.1) is 0 Å². The van der Waals surface area contributed by atoms with Crippen molar-refractivity contribution in [2.45, 2.75) is 19.4 Å². The molecule has 2 aromatic rings. The molecular weight excluding hydrogens is 230 g/mol. The Hall–Kier alpha value is -1.60. The first-order chi connectivity index (χ1) is 9.42. The molecule has 0 amide bonds. The second kappa shape index (κ2) is 6.03. The summed E-state index contributed by atoms with van der Waals surface area (Å²) in [6.07, 6.45) is 4.87. The molecule has 2 aromatic carbocycles. The first kappa shape index (κ1) is 12.4. The number of hydrogen-bond donors (Lipinski definition) is 0. The van der Waals surface area contributed by atoms with Crippen molar-refractivity contribution < 1.29 is 0 Å². The third-order valence-electron chi connectivity index (χ3n) is 3.77. The lowest BCUT2D eigenvalue weighted by atomic mass is 10.0. The summed E-state index contributed by atoms with van der Waals surface area (Å²) < 4.78 is 0. The van der Waals surface area contributed by atoms with Crippen LogP contribution >= 0.6 is 0 Å². The quantitative estimate of drug-likeness (QED) is 0.791. The highest BCUT2D eigenvalue weighted by atomic mass is 15.1. The smallest absolute Gasteiger partial charge is 0.0233 e.